The maximum Gasteiger partial charge on any atom is 0.330 e. The van der Waals surface area contributed by atoms with Crippen molar-refractivity contribution in [2.24, 2.45) is 0 Å². The molecule has 0 aromatic rings. The van der Waals surface area contributed by atoms with Gasteiger partial charge in [0.25, 0.3) is 0 Å². The molecule has 12 bridgehead atoms. The maximum absolute atomic E-state index is 15.0. The molecule has 0 aromatic heterocycles. The van der Waals surface area contributed by atoms with Crippen molar-refractivity contribution in [2.75, 3.05) is 66.7 Å². The van der Waals surface area contributed by atoms with Gasteiger partial charge in [0, 0.05) is 0 Å². The average Bonchev–Trinajstić information content (AvgIpc) is 3.70. The summed E-state index contributed by atoms with van der Waals surface area (Å²) in [5.41, 5.74) is 0. The molecule has 0 radical (unpaired) electrons. The Kier molecular flexibility index (Phi) is 6.33. The minimum absolute atomic E-state index is 0. The fraction of sp³-hybridized carbons (Fsp3) is 0.676. The van der Waals surface area contributed by atoms with E-state index in [9.17, 15) is 57.5 Å². The molecule has 19 aliphatic rings. The SMILES string of the molecule is C.C.C.O=C1NC2C3N1CN1C(=O)N4CN5C(=O)NC6C5N5CN7C(=O)N(CN3C(=O)N2CN2C(=O)N3CN8C(=O)N9CN%10C(=O)N(CN6C5=O)C5N6C(=O)N(CN%11C(=O)N(CN%12C(=O)N%13C2[C@]3%12%13)[C@H]8[C@H]9%11)[C@@]5%106)C1C47. The van der Waals surface area contributed by atoms with E-state index in [1.807, 2.05) is 0 Å². The molecule has 24 amide bonds. The largest absolute Gasteiger partial charge is 0.330 e. The molecule has 19 aliphatic heterocycles. The Bertz CT molecular complexity index is 2740. The number of nitrogens with one attached hydrogen (secondary N) is 2. The number of urea groups is 12. The third kappa shape index (κ3) is 3.53. The number of carbonyl (C=O) groups excluding carboxylic acids is 12. The molecule has 0 aliphatic carbocycles. The van der Waals surface area contributed by atoms with Crippen LogP contribution in [0.2, 0.25) is 0 Å². The Labute approximate surface area is 410 Å². The first kappa shape index (κ1) is 40.9. The van der Waals surface area contributed by atoms with Crippen LogP contribution >= 0.6 is 0 Å². The molecule has 8 unspecified atom stereocenters. The van der Waals surface area contributed by atoms with E-state index in [1.54, 1.807) is 0 Å². The lowest BCUT2D eigenvalue weighted by Crippen LogP contribution is -2.74. The summed E-state index contributed by atoms with van der Waals surface area (Å²) in [6, 6.07) is -7.70. The molecule has 384 valence electrons. The van der Waals surface area contributed by atoms with Gasteiger partial charge in [-0.05, 0) is 0 Å². The summed E-state index contributed by atoms with van der Waals surface area (Å²) in [6.45, 7) is -4.37. The monoisotopic (exact) mass is 1020 g/mol. The van der Waals surface area contributed by atoms with Gasteiger partial charge >= 0.3 is 72.4 Å². The molecule has 12 atom stereocenters. The van der Waals surface area contributed by atoms with Crippen molar-refractivity contribution in [3.8, 4) is 0 Å². The third-order valence-corrected chi connectivity index (χ3v) is 18.4. The molecule has 2 N–H and O–H groups in total. The molecule has 0 saturated carbocycles. The molecule has 19 saturated heterocycles. The van der Waals surface area contributed by atoms with E-state index in [4.69, 9.17) is 0 Å². The fourth-order valence-electron chi connectivity index (χ4n) is 15.5. The Morgan fingerprint density at radius 3 is 0.849 bits per heavy atom. The summed E-state index contributed by atoms with van der Waals surface area (Å²) < 4.78 is 0. The summed E-state index contributed by atoms with van der Waals surface area (Å²) in [4.78, 5) is 204. The van der Waals surface area contributed by atoms with Crippen LogP contribution in [0.1, 0.15) is 22.3 Å². The van der Waals surface area contributed by atoms with Crippen LogP contribution in [0.5, 0.6) is 0 Å². The van der Waals surface area contributed by atoms with Crippen molar-refractivity contribution in [1.29, 1.82) is 0 Å². The molecule has 36 nitrogen and oxygen atoms in total. The lowest BCUT2D eigenvalue weighted by molar-refractivity contribution is -0.0918. The highest BCUT2D eigenvalue weighted by Crippen LogP contribution is 2.65. The number of nitrogens with zero attached hydrogens (tertiary/aromatic N) is 22. The van der Waals surface area contributed by atoms with Crippen LogP contribution in [0.3, 0.4) is 0 Å². The first-order valence-electron chi connectivity index (χ1n) is 22.7. The average molecular weight is 1020 g/mol. The summed E-state index contributed by atoms with van der Waals surface area (Å²) in [7, 11) is 0. The van der Waals surface area contributed by atoms with Gasteiger partial charge in [-0.3, -0.25) is 108 Å². The Morgan fingerprint density at radius 2 is 0.521 bits per heavy atom. The Morgan fingerprint density at radius 1 is 0.274 bits per heavy atom. The molecular weight excluding hydrogens is 973 g/mol. The van der Waals surface area contributed by atoms with Crippen molar-refractivity contribution < 1.29 is 57.5 Å². The van der Waals surface area contributed by atoms with Crippen LogP contribution in [0.25, 0.3) is 0 Å². The summed E-state index contributed by atoms with van der Waals surface area (Å²) in [5, 5.41) is 5.65. The zero-order valence-corrected chi connectivity index (χ0v) is 35.6. The van der Waals surface area contributed by atoms with E-state index in [0.29, 0.717) is 0 Å². The van der Waals surface area contributed by atoms with Gasteiger partial charge in [0.1, 0.15) is 79.0 Å². The third-order valence-electron chi connectivity index (χ3n) is 18.4. The normalized spacial score (nSPS) is 40.9. The summed E-state index contributed by atoms with van der Waals surface area (Å²) >= 11 is 0. The highest BCUT2D eigenvalue weighted by Gasteiger charge is 2.93. The van der Waals surface area contributed by atoms with Crippen LogP contribution in [-0.4, -0.2) is 320 Å². The van der Waals surface area contributed by atoms with Gasteiger partial charge in [-0.1, -0.05) is 22.3 Å². The predicted molar refractivity (Wildman–Crippen MR) is 224 cm³/mol. The lowest BCUT2D eigenvalue weighted by Gasteiger charge is -2.50. The van der Waals surface area contributed by atoms with Crippen LogP contribution in [0, 0.1) is 0 Å². The number of hydrogen-bond acceptors (Lipinski definition) is 12. The molecular formula is C37H44N24O12. The maximum atomic E-state index is 15.0. The highest BCUT2D eigenvalue weighted by molar-refractivity contribution is 5.99. The van der Waals surface area contributed by atoms with Crippen LogP contribution in [-0.2, 0) is 0 Å². The van der Waals surface area contributed by atoms with Crippen molar-refractivity contribution in [2.45, 2.75) is 95.5 Å². The van der Waals surface area contributed by atoms with Gasteiger partial charge in [0.15, 0.2) is 49.3 Å². The van der Waals surface area contributed by atoms with E-state index >= 15 is 0 Å². The highest BCUT2D eigenvalue weighted by atomic mass is 16.3. The second kappa shape index (κ2) is 11.3. The van der Waals surface area contributed by atoms with Crippen LogP contribution < -0.4 is 10.6 Å². The second-order valence-electron chi connectivity index (χ2n) is 20.6. The van der Waals surface area contributed by atoms with Crippen LogP contribution in [0.15, 0.2) is 0 Å². The molecule has 19 heterocycles. The summed E-state index contributed by atoms with van der Waals surface area (Å²) in [5.74, 6) is -2.95. The predicted octanol–water partition coefficient (Wildman–Crippen LogP) is -4.44. The number of rotatable bonds is 0. The van der Waals surface area contributed by atoms with Crippen molar-refractivity contribution in [3.63, 3.8) is 0 Å². The summed E-state index contributed by atoms with van der Waals surface area (Å²) in [6.07, 6.45) is -11.0. The van der Waals surface area contributed by atoms with Crippen molar-refractivity contribution >= 4 is 72.4 Å². The van der Waals surface area contributed by atoms with Crippen molar-refractivity contribution in [3.05, 3.63) is 0 Å². The second-order valence-corrected chi connectivity index (χ2v) is 20.6. The van der Waals surface area contributed by atoms with Gasteiger partial charge in [0.05, 0.1) is 0 Å². The van der Waals surface area contributed by atoms with Gasteiger partial charge < -0.3 is 10.6 Å². The number of carbonyl (C=O) groups is 12. The Hall–Kier alpha value is -8.76. The molecule has 73 heavy (non-hydrogen) atoms. The smallest absolute Gasteiger partial charge is 0.314 e. The Balaban J connectivity index is 0.00000152. The fourth-order valence-corrected chi connectivity index (χ4v) is 15.5. The topological polar surface area (TPSA) is 300 Å². The minimum atomic E-state index is -1.47. The standard InChI is InChI=1S/C34H32N24O12.3CH4/c59-21-35-11-13-39(21)3-43-15-16-44(25(43)63)4-40-14-12(36-22(40)60)38-2-52-20-34-54(30(52)68)8-48-18-17-47(27(48)65)7-53-29(67)51(1-37(11)23(61)41(13)5-45(15)26(64)46(16)6-42(14)24(38)62)19-33(53)55(31(69)57(19)33)9-49(17)28(66)50(18)10-56(34)32(70)58(20)34;;;/h11-20H,1-10H2,(H,35,59)(H,36,60);3*1H4/t11?,12?,13?,14?,15?,16?,17-,18+,19?,20?,33-,34+,57?,58?;;;. The first-order valence-corrected chi connectivity index (χ1v) is 22.7. The van der Waals surface area contributed by atoms with Gasteiger partial charge in [-0.2, -0.15) is 0 Å². The van der Waals surface area contributed by atoms with E-state index in [-0.39, 0.29) is 35.6 Å². The van der Waals surface area contributed by atoms with E-state index in [0.717, 1.165) is 0 Å². The quantitative estimate of drug-likeness (QED) is 0.218. The molecule has 19 fully saturated rings. The molecule has 0 aromatic carbocycles. The minimum Gasteiger partial charge on any atom is -0.314 e. The van der Waals surface area contributed by atoms with Gasteiger partial charge in [-0.15, -0.1) is 0 Å². The molecule has 19 rings (SSSR count). The van der Waals surface area contributed by atoms with Crippen molar-refractivity contribution in [1.82, 2.24) is 118 Å². The zero-order chi connectivity index (χ0) is 46.9. The number of hydrogen-bond donors (Lipinski definition) is 2. The lowest BCUT2D eigenvalue weighted by atomic mass is 10.2. The van der Waals surface area contributed by atoms with Gasteiger partial charge in [-0.25, -0.2) is 57.5 Å². The first-order chi connectivity index (χ1) is 33.7. The van der Waals surface area contributed by atoms with Gasteiger partial charge in [0.2, 0.25) is 11.6 Å². The zero-order valence-electron chi connectivity index (χ0n) is 35.6. The number of amides is 24. The molecule has 2 spiro atoms. The molecule has 36 heteroatoms. The van der Waals surface area contributed by atoms with E-state index in [2.05, 4.69) is 10.6 Å². The van der Waals surface area contributed by atoms with E-state index in [1.165, 1.54) is 108 Å². The number of fused-ring (bicyclic) bond motifs is 10. The van der Waals surface area contributed by atoms with Crippen LogP contribution in [0.4, 0.5) is 57.5 Å². The van der Waals surface area contributed by atoms with E-state index < -0.39 is 199 Å².